The largest absolute Gasteiger partial charge is 0.469 e. The lowest BCUT2D eigenvalue weighted by atomic mass is 9.85. The second-order valence-corrected chi connectivity index (χ2v) is 6.44. The van der Waals surface area contributed by atoms with Crippen LogP contribution in [0.5, 0.6) is 0 Å². The Hall–Kier alpha value is -1.75. The van der Waals surface area contributed by atoms with Crippen molar-refractivity contribution in [3.8, 4) is 0 Å². The maximum absolute atomic E-state index is 11.9. The minimum Gasteiger partial charge on any atom is -0.469 e. The third kappa shape index (κ3) is 4.37. The van der Waals surface area contributed by atoms with Gasteiger partial charge in [-0.05, 0) is 30.2 Å². The highest BCUT2D eigenvalue weighted by molar-refractivity contribution is 5.75. The molecular formula is C15H25N3O4. The van der Waals surface area contributed by atoms with E-state index in [2.05, 4.69) is 10.0 Å². The average molecular weight is 311 g/mol. The van der Waals surface area contributed by atoms with Crippen molar-refractivity contribution in [2.24, 2.45) is 28.8 Å². The first-order valence-electron chi connectivity index (χ1n) is 7.64. The molecule has 1 aliphatic rings. The van der Waals surface area contributed by atoms with Crippen LogP contribution in [0, 0.1) is 23.7 Å². The summed E-state index contributed by atoms with van der Waals surface area (Å²) in [4.78, 5) is 26.6. The molecule has 1 heterocycles. The topological polar surface area (TPSA) is 101 Å². The number of carbonyl (C=O) groups is 2. The molecule has 1 aliphatic heterocycles. The van der Waals surface area contributed by atoms with Gasteiger partial charge in [0.25, 0.3) is 0 Å². The van der Waals surface area contributed by atoms with Gasteiger partial charge in [-0.2, -0.15) is 0 Å². The molecule has 0 bridgehead atoms. The first-order valence-corrected chi connectivity index (χ1v) is 7.64. The van der Waals surface area contributed by atoms with Crippen LogP contribution >= 0.6 is 0 Å². The summed E-state index contributed by atoms with van der Waals surface area (Å²) in [5.41, 5.74) is 8.79. The minimum absolute atomic E-state index is 0.0434. The lowest BCUT2D eigenvalue weighted by Crippen LogP contribution is -2.32. The molecule has 124 valence electrons. The number of cyclic esters (lactones) is 1. The highest BCUT2D eigenvalue weighted by atomic mass is 16.6. The monoisotopic (exact) mass is 311 g/mol. The van der Waals surface area contributed by atoms with Crippen LogP contribution in [0.4, 0.5) is 0 Å². The molecule has 1 fully saturated rings. The zero-order chi connectivity index (χ0) is 16.9. The molecule has 4 atom stereocenters. The quantitative estimate of drug-likeness (QED) is 0.312. The maximum Gasteiger partial charge on any atom is 0.309 e. The number of hydrogen-bond donors (Lipinski definition) is 0. The third-order valence-electron chi connectivity index (χ3n) is 4.29. The molecular weight excluding hydrogens is 286 g/mol. The van der Waals surface area contributed by atoms with E-state index in [9.17, 15) is 9.59 Å². The van der Waals surface area contributed by atoms with Crippen molar-refractivity contribution in [3.63, 3.8) is 0 Å². The summed E-state index contributed by atoms with van der Waals surface area (Å²) in [5.74, 6) is -0.947. The van der Waals surface area contributed by atoms with Gasteiger partial charge in [-0.3, -0.25) is 9.59 Å². The summed E-state index contributed by atoms with van der Waals surface area (Å²) in [6.45, 7) is 7.74. The zero-order valence-electron chi connectivity index (χ0n) is 13.9. The lowest BCUT2D eigenvalue weighted by Gasteiger charge is -2.24. The normalized spacial score (nSPS) is 23.9. The molecule has 0 aliphatic carbocycles. The summed E-state index contributed by atoms with van der Waals surface area (Å²) in [7, 11) is 1.34. The maximum atomic E-state index is 11.9. The van der Waals surface area contributed by atoms with E-state index in [0.717, 1.165) is 0 Å². The van der Waals surface area contributed by atoms with E-state index in [4.69, 9.17) is 15.0 Å². The number of carbonyl (C=O) groups excluding carboxylic acids is 2. The van der Waals surface area contributed by atoms with Gasteiger partial charge in [-0.15, -0.1) is 0 Å². The third-order valence-corrected chi connectivity index (χ3v) is 4.29. The van der Waals surface area contributed by atoms with E-state index in [-0.39, 0.29) is 29.7 Å². The van der Waals surface area contributed by atoms with Gasteiger partial charge in [0.15, 0.2) is 0 Å². The number of methoxy groups -OCH3 is 1. The van der Waals surface area contributed by atoms with Gasteiger partial charge in [0.05, 0.1) is 25.0 Å². The minimum atomic E-state index is -0.552. The van der Waals surface area contributed by atoms with Crippen LogP contribution in [0.3, 0.4) is 0 Å². The van der Waals surface area contributed by atoms with Gasteiger partial charge in [0.1, 0.15) is 6.10 Å². The Morgan fingerprint density at radius 1 is 1.45 bits per heavy atom. The molecule has 0 aromatic heterocycles. The fourth-order valence-corrected chi connectivity index (χ4v) is 2.80. The summed E-state index contributed by atoms with van der Waals surface area (Å²) in [6.07, 6.45) is 0.366. The van der Waals surface area contributed by atoms with Crippen molar-refractivity contribution < 1.29 is 19.1 Å². The molecule has 0 aromatic carbocycles. The Morgan fingerprint density at radius 2 is 2.09 bits per heavy atom. The van der Waals surface area contributed by atoms with Crippen LogP contribution in [-0.4, -0.2) is 31.2 Å². The van der Waals surface area contributed by atoms with Crippen molar-refractivity contribution >= 4 is 11.9 Å². The number of hydrogen-bond acceptors (Lipinski definition) is 5. The Bertz CT molecular complexity index is 458. The Morgan fingerprint density at radius 3 is 2.50 bits per heavy atom. The van der Waals surface area contributed by atoms with E-state index in [1.165, 1.54) is 7.11 Å². The molecule has 0 N–H and O–H groups in total. The van der Waals surface area contributed by atoms with Gasteiger partial charge >= 0.3 is 11.9 Å². The van der Waals surface area contributed by atoms with E-state index in [1.54, 1.807) is 0 Å². The predicted molar refractivity (Wildman–Crippen MR) is 80.7 cm³/mol. The van der Waals surface area contributed by atoms with Crippen LogP contribution in [0.1, 0.15) is 40.5 Å². The molecule has 0 aromatic rings. The van der Waals surface area contributed by atoms with Gasteiger partial charge < -0.3 is 9.47 Å². The second-order valence-electron chi connectivity index (χ2n) is 6.44. The smallest absolute Gasteiger partial charge is 0.309 e. The molecule has 0 unspecified atom stereocenters. The van der Waals surface area contributed by atoms with Crippen molar-refractivity contribution in [3.05, 3.63) is 10.4 Å². The van der Waals surface area contributed by atoms with E-state index in [0.29, 0.717) is 12.8 Å². The van der Waals surface area contributed by atoms with Gasteiger partial charge in [-0.25, -0.2) is 0 Å². The van der Waals surface area contributed by atoms with E-state index < -0.39 is 18.1 Å². The molecule has 0 radical (unpaired) electrons. The molecule has 7 heteroatoms. The molecule has 22 heavy (non-hydrogen) atoms. The summed E-state index contributed by atoms with van der Waals surface area (Å²) in [6, 6.07) is -0.552. The molecule has 0 amide bonds. The first-order chi connectivity index (χ1) is 10.3. The first kappa shape index (κ1) is 18.3. The van der Waals surface area contributed by atoms with Gasteiger partial charge in [-0.1, -0.05) is 32.8 Å². The Balaban J connectivity index is 2.88. The molecule has 7 nitrogen and oxygen atoms in total. The number of esters is 2. The Labute approximate surface area is 131 Å². The van der Waals surface area contributed by atoms with Crippen LogP contribution in [0.2, 0.25) is 0 Å². The zero-order valence-corrected chi connectivity index (χ0v) is 13.9. The fraction of sp³-hybridized carbons (Fsp3) is 0.867. The molecule has 1 rings (SSSR count). The van der Waals surface area contributed by atoms with Crippen LogP contribution in [0.15, 0.2) is 5.11 Å². The standard InChI is InChI=1S/C15H25N3O4/c1-8(2)10(14(19)21-5)6-12(17-18-16)13-7-11(9(3)4)15(20)22-13/h8-13H,6-7H2,1-5H3/t10-,11-,12+,13-/m0/s1. The van der Waals surface area contributed by atoms with Gasteiger partial charge in [0.2, 0.25) is 0 Å². The van der Waals surface area contributed by atoms with E-state index >= 15 is 0 Å². The highest BCUT2D eigenvalue weighted by Gasteiger charge is 2.41. The number of rotatable bonds is 7. The average Bonchev–Trinajstić information content (AvgIpc) is 2.84. The van der Waals surface area contributed by atoms with Gasteiger partial charge in [0, 0.05) is 4.91 Å². The summed E-state index contributed by atoms with van der Waals surface area (Å²) < 4.78 is 10.2. The highest BCUT2D eigenvalue weighted by Crippen LogP contribution is 2.33. The second kappa shape index (κ2) is 8.03. The number of ether oxygens (including phenoxy) is 2. The molecule has 0 saturated carbocycles. The van der Waals surface area contributed by atoms with Crippen LogP contribution in [0.25, 0.3) is 10.4 Å². The fourth-order valence-electron chi connectivity index (χ4n) is 2.80. The molecule has 0 spiro atoms. The summed E-state index contributed by atoms with van der Waals surface area (Å²) in [5, 5.41) is 3.77. The number of azide groups is 1. The Kier molecular flexibility index (Phi) is 6.68. The lowest BCUT2D eigenvalue weighted by molar-refractivity contribution is -0.148. The van der Waals surface area contributed by atoms with Crippen molar-refractivity contribution in [2.75, 3.05) is 7.11 Å². The van der Waals surface area contributed by atoms with Crippen molar-refractivity contribution in [1.29, 1.82) is 0 Å². The summed E-state index contributed by atoms with van der Waals surface area (Å²) >= 11 is 0. The molecule has 1 saturated heterocycles. The van der Waals surface area contributed by atoms with Crippen molar-refractivity contribution in [2.45, 2.75) is 52.7 Å². The van der Waals surface area contributed by atoms with E-state index in [1.807, 2.05) is 27.7 Å². The number of nitrogens with zero attached hydrogens (tertiary/aromatic N) is 3. The van der Waals surface area contributed by atoms with Crippen LogP contribution in [-0.2, 0) is 19.1 Å². The SMILES string of the molecule is COC(=O)[C@@H](C[C@@H](N=[N+]=[N-])[C@@H]1C[C@@H](C(C)C)C(=O)O1)C(C)C. The van der Waals surface area contributed by atoms with Crippen molar-refractivity contribution in [1.82, 2.24) is 0 Å². The predicted octanol–water partition coefficient (Wildman–Crippen LogP) is 3.09. The van der Waals surface area contributed by atoms with Crippen LogP contribution < -0.4 is 0 Å².